The summed E-state index contributed by atoms with van der Waals surface area (Å²) in [6.45, 7) is 1.74. The summed E-state index contributed by atoms with van der Waals surface area (Å²) in [4.78, 5) is 13.8. The van der Waals surface area contributed by atoms with Crippen molar-refractivity contribution in [1.82, 2.24) is 4.98 Å². The van der Waals surface area contributed by atoms with Gasteiger partial charge in [0, 0.05) is 20.9 Å². The summed E-state index contributed by atoms with van der Waals surface area (Å²) in [5.74, 6) is -0.682. The summed E-state index contributed by atoms with van der Waals surface area (Å²) in [5, 5.41) is 0.361. The molecular formula is C13H11BrF3NO2. The second kappa shape index (κ2) is 5.47. The van der Waals surface area contributed by atoms with Gasteiger partial charge in [0.05, 0.1) is 13.0 Å². The number of nitrogens with one attached hydrogen (secondary N) is 1. The average Bonchev–Trinajstić information content (AvgIpc) is 2.68. The van der Waals surface area contributed by atoms with Crippen LogP contribution in [0.25, 0.3) is 10.9 Å². The number of aromatic nitrogens is 1. The minimum Gasteiger partial charge on any atom is -0.466 e. The maximum absolute atomic E-state index is 13.0. The van der Waals surface area contributed by atoms with Crippen LogP contribution in [0.3, 0.4) is 0 Å². The van der Waals surface area contributed by atoms with E-state index in [-0.39, 0.29) is 12.2 Å². The van der Waals surface area contributed by atoms with Gasteiger partial charge in [-0.15, -0.1) is 0 Å². The summed E-state index contributed by atoms with van der Waals surface area (Å²) < 4.78 is 44.5. The number of esters is 1. The van der Waals surface area contributed by atoms with Crippen LogP contribution in [-0.4, -0.2) is 17.6 Å². The third kappa shape index (κ3) is 2.98. The highest BCUT2D eigenvalue weighted by molar-refractivity contribution is 9.10. The van der Waals surface area contributed by atoms with Gasteiger partial charge in [-0.25, -0.2) is 0 Å². The molecule has 1 aromatic heterocycles. The summed E-state index contributed by atoms with van der Waals surface area (Å²) in [7, 11) is 0. The van der Waals surface area contributed by atoms with Gasteiger partial charge in [-0.2, -0.15) is 13.2 Å². The predicted octanol–water partition coefficient (Wildman–Crippen LogP) is 4.05. The summed E-state index contributed by atoms with van der Waals surface area (Å²) in [6, 6.07) is 4.71. The van der Waals surface area contributed by atoms with Crippen molar-refractivity contribution in [2.45, 2.75) is 19.5 Å². The van der Waals surface area contributed by atoms with E-state index in [1.807, 2.05) is 0 Å². The lowest BCUT2D eigenvalue weighted by Gasteiger charge is -2.08. The van der Waals surface area contributed by atoms with Crippen LogP contribution in [0, 0.1) is 0 Å². The Balaban J connectivity index is 2.57. The molecule has 3 nitrogen and oxygen atoms in total. The van der Waals surface area contributed by atoms with E-state index < -0.39 is 24.3 Å². The molecule has 0 bridgehead atoms. The van der Waals surface area contributed by atoms with Crippen LogP contribution in [0.5, 0.6) is 0 Å². The van der Waals surface area contributed by atoms with Crippen LogP contribution in [0.4, 0.5) is 13.2 Å². The minimum absolute atomic E-state index is 0.0905. The van der Waals surface area contributed by atoms with Crippen molar-refractivity contribution in [2.24, 2.45) is 0 Å². The highest BCUT2D eigenvalue weighted by atomic mass is 79.9. The Morgan fingerprint density at radius 1 is 1.40 bits per heavy atom. The molecule has 0 unspecified atom stereocenters. The number of H-pyrrole nitrogens is 1. The highest BCUT2D eigenvalue weighted by Crippen LogP contribution is 2.36. The second-order valence-electron chi connectivity index (χ2n) is 4.15. The maximum Gasteiger partial charge on any atom is 0.431 e. The van der Waals surface area contributed by atoms with E-state index in [9.17, 15) is 18.0 Å². The van der Waals surface area contributed by atoms with E-state index in [1.54, 1.807) is 19.1 Å². The molecule has 7 heteroatoms. The fraction of sp³-hybridized carbons (Fsp3) is 0.308. The van der Waals surface area contributed by atoms with Crippen LogP contribution in [0.2, 0.25) is 0 Å². The fourth-order valence-electron chi connectivity index (χ4n) is 2.00. The quantitative estimate of drug-likeness (QED) is 0.849. The molecule has 0 aliphatic rings. The molecule has 0 aliphatic heterocycles. The van der Waals surface area contributed by atoms with Gasteiger partial charge in [0.15, 0.2) is 0 Å². The van der Waals surface area contributed by atoms with E-state index in [2.05, 4.69) is 20.9 Å². The third-order valence-electron chi connectivity index (χ3n) is 2.78. The maximum atomic E-state index is 13.0. The van der Waals surface area contributed by atoms with Gasteiger partial charge >= 0.3 is 12.1 Å². The molecule has 0 aliphatic carbocycles. The van der Waals surface area contributed by atoms with Gasteiger partial charge in [0.2, 0.25) is 0 Å². The lowest BCUT2D eigenvalue weighted by atomic mass is 10.1. The van der Waals surface area contributed by atoms with Crippen molar-refractivity contribution in [3.8, 4) is 0 Å². The van der Waals surface area contributed by atoms with Gasteiger partial charge in [-0.05, 0) is 25.1 Å². The zero-order valence-electron chi connectivity index (χ0n) is 10.5. The Morgan fingerprint density at radius 3 is 2.70 bits per heavy atom. The first-order chi connectivity index (χ1) is 9.32. The monoisotopic (exact) mass is 349 g/mol. The first-order valence-corrected chi connectivity index (χ1v) is 6.65. The summed E-state index contributed by atoms with van der Waals surface area (Å²) in [5.41, 5.74) is -0.661. The molecule has 0 spiro atoms. The number of alkyl halides is 3. The topological polar surface area (TPSA) is 42.1 Å². The SMILES string of the molecule is CCOC(=O)Cc1c(C(F)(F)F)[nH]c2ccc(Br)cc12. The van der Waals surface area contributed by atoms with Crippen molar-refractivity contribution in [3.63, 3.8) is 0 Å². The lowest BCUT2D eigenvalue weighted by Crippen LogP contribution is -2.13. The van der Waals surface area contributed by atoms with Gasteiger partial charge in [0.25, 0.3) is 0 Å². The summed E-state index contributed by atoms with van der Waals surface area (Å²) >= 11 is 3.21. The Labute approximate surface area is 121 Å². The number of hydrogen-bond acceptors (Lipinski definition) is 2. The van der Waals surface area contributed by atoms with Crippen molar-refractivity contribution < 1.29 is 22.7 Å². The number of hydrogen-bond donors (Lipinski definition) is 1. The smallest absolute Gasteiger partial charge is 0.431 e. The van der Waals surface area contributed by atoms with Crippen LogP contribution >= 0.6 is 15.9 Å². The Bertz CT molecular complexity index is 649. The van der Waals surface area contributed by atoms with Crippen molar-refractivity contribution in [2.75, 3.05) is 6.61 Å². The average molecular weight is 350 g/mol. The molecule has 0 saturated carbocycles. The molecule has 0 saturated heterocycles. The zero-order valence-corrected chi connectivity index (χ0v) is 12.1. The van der Waals surface area contributed by atoms with E-state index in [4.69, 9.17) is 4.74 Å². The first kappa shape index (κ1) is 14.9. The lowest BCUT2D eigenvalue weighted by molar-refractivity contribution is -0.144. The van der Waals surface area contributed by atoms with Crippen LogP contribution in [0.15, 0.2) is 22.7 Å². The third-order valence-corrected chi connectivity index (χ3v) is 3.27. The first-order valence-electron chi connectivity index (χ1n) is 5.86. The Hall–Kier alpha value is -1.50. The Kier molecular flexibility index (Phi) is 4.08. The number of halogens is 4. The number of aromatic amines is 1. The molecule has 1 N–H and O–H groups in total. The number of carbonyl (C=O) groups is 1. The van der Waals surface area contributed by atoms with E-state index in [0.717, 1.165) is 0 Å². The van der Waals surface area contributed by atoms with Gasteiger partial charge in [0.1, 0.15) is 5.69 Å². The normalized spacial score (nSPS) is 11.8. The van der Waals surface area contributed by atoms with Crippen LogP contribution < -0.4 is 0 Å². The summed E-state index contributed by atoms with van der Waals surface area (Å²) in [6.07, 6.45) is -4.97. The largest absolute Gasteiger partial charge is 0.466 e. The standard InChI is InChI=1S/C13H11BrF3NO2/c1-2-20-11(19)6-9-8-5-7(14)3-4-10(8)18-12(9)13(15,16)17/h3-5,18H,2,6H2,1H3. The van der Waals surface area contributed by atoms with Crippen molar-refractivity contribution in [3.05, 3.63) is 33.9 Å². The molecule has 1 heterocycles. The number of fused-ring (bicyclic) bond motifs is 1. The van der Waals surface area contributed by atoms with Gasteiger partial charge in [-0.3, -0.25) is 4.79 Å². The number of rotatable bonds is 3. The zero-order chi connectivity index (χ0) is 14.9. The molecule has 2 aromatic rings. The molecule has 0 fully saturated rings. The Morgan fingerprint density at radius 2 is 2.10 bits per heavy atom. The minimum atomic E-state index is -4.55. The van der Waals surface area contributed by atoms with E-state index >= 15 is 0 Å². The molecule has 2 rings (SSSR count). The fourth-order valence-corrected chi connectivity index (χ4v) is 2.36. The number of ether oxygens (including phenoxy) is 1. The molecule has 0 radical (unpaired) electrons. The molecular weight excluding hydrogens is 339 g/mol. The molecule has 1 aromatic carbocycles. The molecule has 0 amide bonds. The molecule has 0 atom stereocenters. The second-order valence-corrected chi connectivity index (χ2v) is 5.06. The molecule has 108 valence electrons. The van der Waals surface area contributed by atoms with Gasteiger partial charge in [-0.1, -0.05) is 15.9 Å². The van der Waals surface area contributed by atoms with Crippen LogP contribution in [0.1, 0.15) is 18.2 Å². The van der Waals surface area contributed by atoms with Crippen LogP contribution in [-0.2, 0) is 22.1 Å². The van der Waals surface area contributed by atoms with E-state index in [1.165, 1.54) is 6.07 Å². The number of benzene rings is 1. The van der Waals surface area contributed by atoms with E-state index in [0.29, 0.717) is 15.4 Å². The van der Waals surface area contributed by atoms with Gasteiger partial charge < -0.3 is 9.72 Å². The predicted molar refractivity (Wildman–Crippen MR) is 71.3 cm³/mol. The number of carbonyl (C=O) groups excluding carboxylic acids is 1. The van der Waals surface area contributed by atoms with Crippen molar-refractivity contribution in [1.29, 1.82) is 0 Å². The van der Waals surface area contributed by atoms with Crippen molar-refractivity contribution >= 4 is 32.8 Å². The molecule has 20 heavy (non-hydrogen) atoms. The highest BCUT2D eigenvalue weighted by Gasteiger charge is 2.37.